The van der Waals surface area contributed by atoms with Crippen molar-refractivity contribution in [2.24, 2.45) is 5.92 Å². The lowest BCUT2D eigenvalue weighted by atomic mass is 10.3. The van der Waals surface area contributed by atoms with E-state index in [0.717, 1.165) is 16.9 Å². The van der Waals surface area contributed by atoms with Gasteiger partial charge in [0.2, 0.25) is 11.9 Å². The van der Waals surface area contributed by atoms with Crippen molar-refractivity contribution in [2.45, 2.75) is 12.6 Å². The number of nitrogens with zero attached hydrogens (tertiary/aromatic N) is 3. The molecule has 1 saturated carbocycles. The van der Waals surface area contributed by atoms with Crippen molar-refractivity contribution >= 4 is 35.1 Å². The minimum Gasteiger partial charge on any atom is -0.297 e. The zero-order valence-corrected chi connectivity index (χ0v) is 12.6. The van der Waals surface area contributed by atoms with E-state index in [9.17, 15) is 14.0 Å². The van der Waals surface area contributed by atoms with Gasteiger partial charge in [-0.3, -0.25) is 14.9 Å². The van der Waals surface area contributed by atoms with Crippen LogP contribution in [0.15, 0.2) is 30.3 Å². The number of anilines is 1. The van der Waals surface area contributed by atoms with Crippen LogP contribution in [0.5, 0.6) is 0 Å². The van der Waals surface area contributed by atoms with E-state index in [4.69, 9.17) is 0 Å². The van der Waals surface area contributed by atoms with Crippen molar-refractivity contribution in [3.8, 4) is 10.6 Å². The molecule has 8 heteroatoms. The van der Waals surface area contributed by atoms with Crippen molar-refractivity contribution in [1.82, 2.24) is 14.6 Å². The summed E-state index contributed by atoms with van der Waals surface area (Å²) in [5.41, 5.74) is 1.33. The fourth-order valence-electron chi connectivity index (χ4n) is 2.34. The Bertz CT molecular complexity index is 919. The van der Waals surface area contributed by atoms with Crippen LogP contribution < -0.4 is 5.32 Å². The fraction of sp³-hybridized carbons (Fsp3) is 0.200. The van der Waals surface area contributed by atoms with E-state index >= 15 is 0 Å². The molecule has 0 radical (unpaired) electrons. The van der Waals surface area contributed by atoms with Crippen molar-refractivity contribution in [3.63, 3.8) is 0 Å². The molecule has 116 valence electrons. The van der Waals surface area contributed by atoms with Gasteiger partial charge in [0.05, 0.1) is 21.4 Å². The predicted molar refractivity (Wildman–Crippen MR) is 83.3 cm³/mol. The number of hydrogen-bond donors (Lipinski definition) is 1. The number of rotatable bonds is 4. The lowest BCUT2D eigenvalue weighted by Crippen LogP contribution is -2.16. The maximum Gasteiger partial charge on any atom is 0.249 e. The molecule has 2 atom stereocenters. The van der Waals surface area contributed by atoms with Crippen molar-refractivity contribution in [3.05, 3.63) is 35.2 Å². The van der Waals surface area contributed by atoms with Gasteiger partial charge in [-0.15, -0.1) is 16.4 Å². The molecular formula is C15H11FN4O2S. The standard InChI is InChI=1S/C15H11FN4O2S/c16-10-6-9(10)14(22)18-15-17-13-3-1-2-11(20(13)19-15)12-5-4-8(7-21)23-12/h1-5,7,9-10H,6H2,(H,18,19,22). The third kappa shape index (κ3) is 2.50. The van der Waals surface area contributed by atoms with Crippen LogP contribution in [0.3, 0.4) is 0 Å². The smallest absolute Gasteiger partial charge is 0.249 e. The van der Waals surface area contributed by atoms with Crippen LogP contribution in [-0.2, 0) is 4.79 Å². The van der Waals surface area contributed by atoms with Crippen LogP contribution in [0.25, 0.3) is 16.2 Å². The topological polar surface area (TPSA) is 76.4 Å². The number of halogens is 1. The van der Waals surface area contributed by atoms with Gasteiger partial charge in [0.1, 0.15) is 6.17 Å². The molecule has 1 aliphatic carbocycles. The molecule has 3 aromatic rings. The van der Waals surface area contributed by atoms with Gasteiger partial charge in [-0.2, -0.15) is 4.98 Å². The van der Waals surface area contributed by atoms with Gasteiger partial charge >= 0.3 is 0 Å². The van der Waals surface area contributed by atoms with E-state index in [1.54, 1.807) is 16.6 Å². The molecule has 0 aromatic carbocycles. The Hall–Kier alpha value is -2.61. The Morgan fingerprint density at radius 2 is 2.22 bits per heavy atom. The van der Waals surface area contributed by atoms with Gasteiger partial charge in [0.15, 0.2) is 11.9 Å². The number of thiophene rings is 1. The Kier molecular flexibility index (Phi) is 3.19. The van der Waals surface area contributed by atoms with Gasteiger partial charge in [0, 0.05) is 0 Å². The molecular weight excluding hydrogens is 319 g/mol. The average Bonchev–Trinajstić information content (AvgIpc) is 2.97. The Morgan fingerprint density at radius 1 is 1.39 bits per heavy atom. The van der Waals surface area contributed by atoms with E-state index in [-0.39, 0.29) is 12.4 Å². The highest BCUT2D eigenvalue weighted by Gasteiger charge is 2.44. The summed E-state index contributed by atoms with van der Waals surface area (Å²) in [4.78, 5) is 28.3. The highest BCUT2D eigenvalue weighted by atomic mass is 32.1. The molecule has 1 amide bonds. The zero-order valence-electron chi connectivity index (χ0n) is 11.8. The fourth-order valence-corrected chi connectivity index (χ4v) is 3.17. The molecule has 6 nitrogen and oxygen atoms in total. The number of aldehydes is 1. The number of carbonyl (C=O) groups is 2. The molecule has 23 heavy (non-hydrogen) atoms. The predicted octanol–water partition coefficient (Wildman–Crippen LogP) is 2.57. The molecule has 0 bridgehead atoms. The molecule has 2 unspecified atom stereocenters. The number of amides is 1. The SMILES string of the molecule is O=Cc1ccc(-c2cccc3nc(NC(=O)C4CC4F)nn23)s1. The number of nitrogens with one attached hydrogen (secondary N) is 1. The zero-order chi connectivity index (χ0) is 16.0. The average molecular weight is 330 g/mol. The lowest BCUT2D eigenvalue weighted by Gasteiger charge is -2.00. The second kappa shape index (κ2) is 5.24. The summed E-state index contributed by atoms with van der Waals surface area (Å²) in [7, 11) is 0. The van der Waals surface area contributed by atoms with Crippen LogP contribution >= 0.6 is 11.3 Å². The summed E-state index contributed by atoms with van der Waals surface area (Å²) in [6.45, 7) is 0. The third-order valence-electron chi connectivity index (χ3n) is 3.64. The summed E-state index contributed by atoms with van der Waals surface area (Å²) >= 11 is 1.35. The summed E-state index contributed by atoms with van der Waals surface area (Å²) in [5, 5.41) is 6.81. The van der Waals surface area contributed by atoms with Crippen molar-refractivity contribution < 1.29 is 14.0 Å². The molecule has 0 spiro atoms. The highest BCUT2D eigenvalue weighted by molar-refractivity contribution is 7.17. The first-order chi connectivity index (χ1) is 11.2. The minimum atomic E-state index is -1.06. The molecule has 4 rings (SSSR count). The molecule has 3 aromatic heterocycles. The summed E-state index contributed by atoms with van der Waals surface area (Å²) < 4.78 is 14.5. The molecule has 1 aliphatic rings. The van der Waals surface area contributed by atoms with Gasteiger partial charge < -0.3 is 0 Å². The number of aromatic nitrogens is 3. The number of fused-ring (bicyclic) bond motifs is 1. The Morgan fingerprint density at radius 3 is 2.91 bits per heavy atom. The first-order valence-electron chi connectivity index (χ1n) is 7.02. The Labute approximate surface area is 134 Å². The third-order valence-corrected chi connectivity index (χ3v) is 4.67. The molecule has 1 fully saturated rings. The minimum absolute atomic E-state index is 0.147. The van der Waals surface area contributed by atoms with E-state index < -0.39 is 18.0 Å². The molecule has 1 N–H and O–H groups in total. The van der Waals surface area contributed by atoms with Crippen LogP contribution in [0.1, 0.15) is 16.1 Å². The highest BCUT2D eigenvalue weighted by Crippen LogP contribution is 2.34. The van der Waals surface area contributed by atoms with Crippen LogP contribution in [0.4, 0.5) is 10.3 Å². The maximum absolute atomic E-state index is 12.9. The van der Waals surface area contributed by atoms with Gasteiger partial charge in [-0.25, -0.2) is 8.91 Å². The summed E-state index contributed by atoms with van der Waals surface area (Å²) in [6, 6.07) is 9.01. The van der Waals surface area contributed by atoms with E-state index in [2.05, 4.69) is 15.4 Å². The second-order valence-electron chi connectivity index (χ2n) is 5.28. The van der Waals surface area contributed by atoms with E-state index in [0.29, 0.717) is 10.5 Å². The van der Waals surface area contributed by atoms with Gasteiger partial charge in [0.25, 0.3) is 0 Å². The lowest BCUT2D eigenvalue weighted by molar-refractivity contribution is -0.117. The quantitative estimate of drug-likeness (QED) is 0.746. The van der Waals surface area contributed by atoms with E-state index in [1.165, 1.54) is 11.3 Å². The first-order valence-corrected chi connectivity index (χ1v) is 7.83. The first kappa shape index (κ1) is 14.0. The van der Waals surface area contributed by atoms with Crippen LogP contribution in [0.2, 0.25) is 0 Å². The van der Waals surface area contributed by atoms with Crippen molar-refractivity contribution in [1.29, 1.82) is 0 Å². The van der Waals surface area contributed by atoms with Gasteiger partial charge in [-0.05, 0) is 30.7 Å². The number of carbonyl (C=O) groups excluding carboxylic acids is 2. The largest absolute Gasteiger partial charge is 0.297 e. The monoisotopic (exact) mass is 330 g/mol. The number of pyridine rings is 1. The normalized spacial score (nSPS) is 19.7. The second-order valence-corrected chi connectivity index (χ2v) is 6.40. The van der Waals surface area contributed by atoms with Crippen LogP contribution in [-0.4, -0.2) is 33.0 Å². The number of hydrogen-bond acceptors (Lipinski definition) is 5. The maximum atomic E-state index is 12.9. The summed E-state index contributed by atoms with van der Waals surface area (Å²) in [5.74, 6) is -0.837. The Balaban J connectivity index is 1.69. The molecule has 0 aliphatic heterocycles. The van der Waals surface area contributed by atoms with Crippen LogP contribution in [0, 0.1) is 5.92 Å². The van der Waals surface area contributed by atoms with E-state index in [1.807, 2.05) is 18.2 Å². The number of alkyl halides is 1. The van der Waals surface area contributed by atoms with Crippen molar-refractivity contribution in [2.75, 3.05) is 5.32 Å². The summed E-state index contributed by atoms with van der Waals surface area (Å²) in [6.07, 6.45) is -0.00575. The molecule has 0 saturated heterocycles. The van der Waals surface area contributed by atoms with Gasteiger partial charge in [-0.1, -0.05) is 6.07 Å². The molecule has 3 heterocycles.